The number of aliphatic hydroxyl groups is 1. The zero-order valence-corrected chi connectivity index (χ0v) is 12.2. The number of nitrogens with zero attached hydrogens (tertiary/aromatic N) is 2. The van der Waals surface area contributed by atoms with E-state index in [0.29, 0.717) is 12.3 Å². The highest BCUT2D eigenvalue weighted by Gasteiger charge is 2.11. The molecule has 1 heterocycles. The molecule has 0 saturated carbocycles. The molecule has 2 aromatic carbocycles. The van der Waals surface area contributed by atoms with Crippen molar-refractivity contribution < 1.29 is 9.84 Å². The smallest absolute Gasteiger partial charge is 0.215 e. The zero-order chi connectivity index (χ0) is 14.8. The second-order valence-electron chi connectivity index (χ2n) is 5.23. The average molecular weight is 282 g/mol. The highest BCUT2D eigenvalue weighted by Crippen LogP contribution is 2.20. The fraction of sp³-hybridized carbons (Fsp3) is 0.235. The number of benzene rings is 2. The van der Waals surface area contributed by atoms with E-state index in [1.165, 1.54) is 5.56 Å². The number of hydrogen-bond acceptors (Lipinski definition) is 3. The molecule has 108 valence electrons. The van der Waals surface area contributed by atoms with Crippen LogP contribution in [-0.2, 0) is 6.54 Å². The van der Waals surface area contributed by atoms with Crippen LogP contribution in [0.15, 0.2) is 48.8 Å². The monoisotopic (exact) mass is 282 g/mol. The van der Waals surface area contributed by atoms with Crippen molar-refractivity contribution in [1.29, 1.82) is 0 Å². The molecule has 3 aromatic rings. The predicted molar refractivity (Wildman–Crippen MR) is 82.3 cm³/mol. The Labute approximate surface area is 123 Å². The summed E-state index contributed by atoms with van der Waals surface area (Å²) in [5, 5.41) is 10.2. The van der Waals surface area contributed by atoms with Crippen LogP contribution in [-0.4, -0.2) is 20.9 Å². The van der Waals surface area contributed by atoms with Crippen molar-refractivity contribution in [1.82, 2.24) is 9.55 Å². The SMILES string of the molecule is Cc1ccc(O[C@H](O)Cn2cnc3ccccc32)c(C)c1. The maximum atomic E-state index is 10.2. The van der Waals surface area contributed by atoms with E-state index in [1.807, 2.05) is 60.9 Å². The molecule has 0 aliphatic carbocycles. The van der Waals surface area contributed by atoms with Gasteiger partial charge in [0.2, 0.25) is 6.29 Å². The third-order valence-electron chi connectivity index (χ3n) is 3.47. The second-order valence-corrected chi connectivity index (χ2v) is 5.23. The van der Waals surface area contributed by atoms with Gasteiger partial charge in [-0.05, 0) is 37.6 Å². The summed E-state index contributed by atoms with van der Waals surface area (Å²) in [6.45, 7) is 4.35. The van der Waals surface area contributed by atoms with Gasteiger partial charge in [0.05, 0.1) is 23.9 Å². The maximum absolute atomic E-state index is 10.2. The van der Waals surface area contributed by atoms with Gasteiger partial charge in [-0.2, -0.15) is 0 Å². The van der Waals surface area contributed by atoms with E-state index in [1.54, 1.807) is 6.33 Å². The van der Waals surface area contributed by atoms with Crippen LogP contribution in [0.2, 0.25) is 0 Å². The Morgan fingerprint density at radius 2 is 2.00 bits per heavy atom. The Balaban J connectivity index is 1.75. The van der Waals surface area contributed by atoms with E-state index in [-0.39, 0.29) is 0 Å². The summed E-state index contributed by atoms with van der Waals surface area (Å²) in [5.41, 5.74) is 4.09. The first kappa shape index (κ1) is 13.6. The Morgan fingerprint density at radius 1 is 1.19 bits per heavy atom. The van der Waals surface area contributed by atoms with E-state index < -0.39 is 6.29 Å². The van der Waals surface area contributed by atoms with Crippen LogP contribution in [0.1, 0.15) is 11.1 Å². The molecule has 0 amide bonds. The summed E-state index contributed by atoms with van der Waals surface area (Å²) in [6.07, 6.45) is 0.809. The largest absolute Gasteiger partial charge is 0.463 e. The van der Waals surface area contributed by atoms with Crippen molar-refractivity contribution in [3.8, 4) is 5.75 Å². The number of aliphatic hydroxyl groups excluding tert-OH is 1. The van der Waals surface area contributed by atoms with Crippen molar-refractivity contribution in [3.05, 3.63) is 59.9 Å². The summed E-state index contributed by atoms with van der Waals surface area (Å²) in [4.78, 5) is 4.30. The van der Waals surface area contributed by atoms with Crippen LogP contribution in [0, 0.1) is 13.8 Å². The topological polar surface area (TPSA) is 47.3 Å². The molecular weight excluding hydrogens is 264 g/mol. The fourth-order valence-corrected chi connectivity index (χ4v) is 2.44. The average Bonchev–Trinajstić information content (AvgIpc) is 2.85. The lowest BCUT2D eigenvalue weighted by Crippen LogP contribution is -2.22. The lowest BCUT2D eigenvalue weighted by molar-refractivity contribution is -0.0291. The van der Waals surface area contributed by atoms with Crippen LogP contribution in [0.5, 0.6) is 5.75 Å². The van der Waals surface area contributed by atoms with Gasteiger partial charge in [-0.15, -0.1) is 0 Å². The summed E-state index contributed by atoms with van der Waals surface area (Å²) in [7, 11) is 0. The highest BCUT2D eigenvalue weighted by atomic mass is 16.6. The van der Waals surface area contributed by atoms with Gasteiger partial charge >= 0.3 is 0 Å². The van der Waals surface area contributed by atoms with Crippen molar-refractivity contribution in [2.45, 2.75) is 26.7 Å². The standard InChI is InChI=1S/C17H18N2O2/c1-12-7-8-16(13(2)9-12)21-17(20)10-19-11-18-14-5-3-4-6-15(14)19/h3-9,11,17,20H,10H2,1-2H3/t17-/m0/s1. The summed E-state index contributed by atoms with van der Waals surface area (Å²) >= 11 is 0. The number of imidazole rings is 1. The van der Waals surface area contributed by atoms with Gasteiger partial charge < -0.3 is 14.4 Å². The van der Waals surface area contributed by atoms with Crippen molar-refractivity contribution in [2.24, 2.45) is 0 Å². The Bertz CT molecular complexity index is 764. The molecular formula is C17H18N2O2. The first-order chi connectivity index (χ1) is 10.1. The number of aryl methyl sites for hydroxylation is 2. The molecule has 0 unspecified atom stereocenters. The molecule has 0 fully saturated rings. The third kappa shape index (κ3) is 2.90. The van der Waals surface area contributed by atoms with Gasteiger partial charge in [0, 0.05) is 0 Å². The quantitative estimate of drug-likeness (QED) is 0.748. The number of ether oxygens (including phenoxy) is 1. The first-order valence-electron chi connectivity index (χ1n) is 6.95. The van der Waals surface area contributed by atoms with Crippen molar-refractivity contribution in [2.75, 3.05) is 0 Å². The fourth-order valence-electron chi connectivity index (χ4n) is 2.44. The van der Waals surface area contributed by atoms with Crippen molar-refractivity contribution in [3.63, 3.8) is 0 Å². The van der Waals surface area contributed by atoms with E-state index in [9.17, 15) is 5.11 Å². The summed E-state index contributed by atoms with van der Waals surface area (Å²) in [6, 6.07) is 13.7. The summed E-state index contributed by atoms with van der Waals surface area (Å²) in [5.74, 6) is 0.706. The number of para-hydroxylation sites is 2. The Kier molecular flexibility index (Phi) is 3.62. The van der Waals surface area contributed by atoms with Gasteiger partial charge in [0.25, 0.3) is 0 Å². The van der Waals surface area contributed by atoms with Crippen LogP contribution in [0.3, 0.4) is 0 Å². The van der Waals surface area contributed by atoms with E-state index in [4.69, 9.17) is 4.74 Å². The molecule has 1 aromatic heterocycles. The minimum absolute atomic E-state index is 0.341. The van der Waals surface area contributed by atoms with Gasteiger partial charge in [0.15, 0.2) is 0 Å². The molecule has 0 aliphatic rings. The molecule has 0 radical (unpaired) electrons. The van der Waals surface area contributed by atoms with Crippen LogP contribution < -0.4 is 4.74 Å². The van der Waals surface area contributed by atoms with E-state index >= 15 is 0 Å². The number of rotatable bonds is 4. The van der Waals surface area contributed by atoms with Crippen molar-refractivity contribution >= 4 is 11.0 Å². The van der Waals surface area contributed by atoms with E-state index in [0.717, 1.165) is 16.6 Å². The molecule has 0 bridgehead atoms. The molecule has 4 heteroatoms. The van der Waals surface area contributed by atoms with Gasteiger partial charge in [-0.1, -0.05) is 29.8 Å². The molecule has 1 N–H and O–H groups in total. The predicted octanol–water partition coefficient (Wildman–Crippen LogP) is 3.05. The van der Waals surface area contributed by atoms with E-state index in [2.05, 4.69) is 4.98 Å². The maximum Gasteiger partial charge on any atom is 0.215 e. The Hall–Kier alpha value is -2.33. The first-order valence-corrected chi connectivity index (χ1v) is 6.95. The van der Waals surface area contributed by atoms with Gasteiger partial charge in [-0.3, -0.25) is 0 Å². The van der Waals surface area contributed by atoms with Crippen LogP contribution >= 0.6 is 0 Å². The third-order valence-corrected chi connectivity index (χ3v) is 3.47. The normalized spacial score (nSPS) is 12.5. The number of fused-ring (bicyclic) bond motifs is 1. The zero-order valence-electron chi connectivity index (χ0n) is 12.2. The van der Waals surface area contributed by atoms with Gasteiger partial charge in [-0.25, -0.2) is 4.98 Å². The van der Waals surface area contributed by atoms with Gasteiger partial charge in [0.1, 0.15) is 5.75 Å². The van der Waals surface area contributed by atoms with Crippen LogP contribution in [0.4, 0.5) is 0 Å². The Morgan fingerprint density at radius 3 is 2.81 bits per heavy atom. The molecule has 4 nitrogen and oxygen atoms in total. The molecule has 3 rings (SSSR count). The minimum atomic E-state index is -0.913. The lowest BCUT2D eigenvalue weighted by atomic mass is 10.1. The summed E-state index contributed by atoms with van der Waals surface area (Å²) < 4.78 is 7.52. The lowest BCUT2D eigenvalue weighted by Gasteiger charge is -2.16. The molecule has 0 spiro atoms. The molecule has 21 heavy (non-hydrogen) atoms. The highest BCUT2D eigenvalue weighted by molar-refractivity contribution is 5.74. The molecule has 0 saturated heterocycles. The molecule has 0 aliphatic heterocycles. The minimum Gasteiger partial charge on any atom is -0.463 e. The molecule has 1 atom stereocenters. The van der Waals surface area contributed by atoms with Crippen LogP contribution in [0.25, 0.3) is 11.0 Å². The second kappa shape index (κ2) is 5.58. The number of aromatic nitrogens is 2. The number of hydrogen-bond donors (Lipinski definition) is 1.